The van der Waals surface area contributed by atoms with Crippen LogP contribution >= 0.6 is 24.0 Å². The molecule has 2 aliphatic rings. The summed E-state index contributed by atoms with van der Waals surface area (Å²) in [5, 5.41) is 6.70. The number of hydrogen-bond acceptors (Lipinski definition) is 3. The smallest absolute Gasteiger partial charge is 0.243 e. The summed E-state index contributed by atoms with van der Waals surface area (Å²) in [5.41, 5.74) is 0. The van der Waals surface area contributed by atoms with Gasteiger partial charge < -0.3 is 15.5 Å². The highest BCUT2D eigenvalue weighted by Gasteiger charge is 2.27. The fourth-order valence-electron chi connectivity index (χ4n) is 3.91. The topological polar surface area (TPSA) is 60.0 Å². The highest BCUT2D eigenvalue weighted by molar-refractivity contribution is 14.0. The summed E-state index contributed by atoms with van der Waals surface area (Å²) in [7, 11) is 3.53. The minimum absolute atomic E-state index is 0. The van der Waals surface area contributed by atoms with Gasteiger partial charge in [0.25, 0.3) is 0 Å². The van der Waals surface area contributed by atoms with Crippen molar-refractivity contribution >= 4 is 35.8 Å². The van der Waals surface area contributed by atoms with E-state index in [0.29, 0.717) is 6.04 Å². The molecule has 152 valence electrons. The van der Waals surface area contributed by atoms with Gasteiger partial charge in [0.1, 0.15) is 6.54 Å². The van der Waals surface area contributed by atoms with Gasteiger partial charge in [-0.25, -0.2) is 4.99 Å². The van der Waals surface area contributed by atoms with E-state index >= 15 is 0 Å². The molecule has 0 aromatic heterocycles. The van der Waals surface area contributed by atoms with Crippen LogP contribution in [-0.4, -0.2) is 74.5 Å². The van der Waals surface area contributed by atoms with E-state index in [0.717, 1.165) is 25.0 Å². The zero-order valence-electron chi connectivity index (χ0n) is 16.8. The van der Waals surface area contributed by atoms with Crippen molar-refractivity contribution in [1.29, 1.82) is 0 Å². The van der Waals surface area contributed by atoms with Crippen LogP contribution in [0.4, 0.5) is 0 Å². The molecule has 2 fully saturated rings. The quantitative estimate of drug-likeness (QED) is 0.334. The predicted octanol–water partition coefficient (Wildman–Crippen LogP) is 2.29. The second kappa shape index (κ2) is 12.8. The Morgan fingerprint density at radius 1 is 1.12 bits per heavy atom. The van der Waals surface area contributed by atoms with Gasteiger partial charge in [0, 0.05) is 39.8 Å². The lowest BCUT2D eigenvalue weighted by atomic mass is 9.89. The van der Waals surface area contributed by atoms with Crippen molar-refractivity contribution in [3.8, 4) is 0 Å². The molecule has 1 heterocycles. The summed E-state index contributed by atoms with van der Waals surface area (Å²) in [6, 6.07) is 0.593. The largest absolute Gasteiger partial charge is 0.357 e. The minimum Gasteiger partial charge on any atom is -0.357 e. The van der Waals surface area contributed by atoms with Gasteiger partial charge in [-0.05, 0) is 45.1 Å². The van der Waals surface area contributed by atoms with E-state index < -0.39 is 0 Å². The van der Waals surface area contributed by atoms with Crippen molar-refractivity contribution in [1.82, 2.24) is 20.4 Å². The summed E-state index contributed by atoms with van der Waals surface area (Å²) in [4.78, 5) is 20.4. The SMILES string of the molecule is CCNC(=NCC(=O)N(C)C)NCC1CCCN1CC1CCCCC1.I. The standard InChI is InChI=1S/C19H37N5O.HI/c1-4-20-19(22-14-18(25)23(2)3)21-13-17-11-8-12-24(17)15-16-9-6-5-7-10-16;/h16-17H,4-15H2,1-3H3,(H2,20,21,22);1H. The van der Waals surface area contributed by atoms with Crippen LogP contribution in [-0.2, 0) is 4.79 Å². The lowest BCUT2D eigenvalue weighted by molar-refractivity contribution is -0.127. The highest BCUT2D eigenvalue weighted by atomic mass is 127. The van der Waals surface area contributed by atoms with Crippen LogP contribution in [0.5, 0.6) is 0 Å². The van der Waals surface area contributed by atoms with Crippen molar-refractivity contribution in [3.05, 3.63) is 0 Å². The molecule has 0 bridgehead atoms. The second-order valence-electron chi connectivity index (χ2n) is 7.66. The minimum atomic E-state index is 0. The van der Waals surface area contributed by atoms with Gasteiger partial charge in [0.2, 0.25) is 5.91 Å². The third-order valence-corrected chi connectivity index (χ3v) is 5.44. The van der Waals surface area contributed by atoms with E-state index in [9.17, 15) is 4.79 Å². The van der Waals surface area contributed by atoms with Crippen LogP contribution in [0.2, 0.25) is 0 Å². The van der Waals surface area contributed by atoms with Crippen LogP contribution in [0.1, 0.15) is 51.9 Å². The lowest BCUT2D eigenvalue weighted by Crippen LogP contribution is -2.46. The van der Waals surface area contributed by atoms with Crippen LogP contribution in [0.25, 0.3) is 0 Å². The maximum atomic E-state index is 11.7. The van der Waals surface area contributed by atoms with Gasteiger partial charge in [-0.1, -0.05) is 19.3 Å². The maximum absolute atomic E-state index is 11.7. The fraction of sp³-hybridized carbons (Fsp3) is 0.895. The number of nitrogens with one attached hydrogen (secondary N) is 2. The molecular weight excluding hydrogens is 441 g/mol. The van der Waals surface area contributed by atoms with Crippen LogP contribution < -0.4 is 10.6 Å². The Hall–Kier alpha value is -0.570. The summed E-state index contributed by atoms with van der Waals surface area (Å²) < 4.78 is 0. The van der Waals surface area contributed by atoms with E-state index in [1.165, 1.54) is 58.0 Å². The number of halogens is 1. The fourth-order valence-corrected chi connectivity index (χ4v) is 3.91. The van der Waals surface area contributed by atoms with Crippen molar-refractivity contribution in [2.75, 3.05) is 46.8 Å². The van der Waals surface area contributed by atoms with Gasteiger partial charge in [-0.15, -0.1) is 24.0 Å². The van der Waals surface area contributed by atoms with Gasteiger partial charge in [0.15, 0.2) is 5.96 Å². The Kier molecular flexibility index (Phi) is 11.5. The third-order valence-electron chi connectivity index (χ3n) is 5.44. The molecule has 1 unspecified atom stereocenters. The molecule has 0 radical (unpaired) electrons. The molecule has 0 spiro atoms. The average molecular weight is 479 g/mol. The molecular formula is C19H38IN5O. The van der Waals surface area contributed by atoms with E-state index in [4.69, 9.17) is 0 Å². The number of hydrogen-bond donors (Lipinski definition) is 2. The van der Waals surface area contributed by atoms with E-state index in [-0.39, 0.29) is 36.4 Å². The summed E-state index contributed by atoms with van der Waals surface area (Å²) in [6.45, 7) is 6.46. The first-order valence-electron chi connectivity index (χ1n) is 10.1. The van der Waals surface area contributed by atoms with Gasteiger partial charge in [0.05, 0.1) is 0 Å². The number of amides is 1. The summed E-state index contributed by atoms with van der Waals surface area (Å²) in [5.74, 6) is 1.67. The zero-order chi connectivity index (χ0) is 18.1. The molecule has 7 heteroatoms. The number of likely N-dealkylation sites (N-methyl/N-ethyl adjacent to an activating group) is 1. The van der Waals surface area contributed by atoms with Crippen molar-refractivity contribution in [3.63, 3.8) is 0 Å². The molecule has 1 atom stereocenters. The number of likely N-dealkylation sites (tertiary alicyclic amines) is 1. The Balaban J connectivity index is 0.00000338. The molecule has 1 amide bonds. The number of guanidine groups is 1. The Bertz CT molecular complexity index is 438. The summed E-state index contributed by atoms with van der Waals surface area (Å²) in [6.07, 6.45) is 9.63. The molecule has 2 rings (SSSR count). The molecule has 1 aliphatic carbocycles. The molecule has 1 saturated carbocycles. The van der Waals surface area contributed by atoms with Crippen LogP contribution in [0.15, 0.2) is 4.99 Å². The van der Waals surface area contributed by atoms with Crippen molar-refractivity contribution in [2.45, 2.75) is 57.9 Å². The highest BCUT2D eigenvalue weighted by Crippen LogP contribution is 2.27. The van der Waals surface area contributed by atoms with Crippen molar-refractivity contribution in [2.24, 2.45) is 10.9 Å². The van der Waals surface area contributed by atoms with E-state index in [2.05, 4.69) is 27.4 Å². The van der Waals surface area contributed by atoms with E-state index in [1.54, 1.807) is 19.0 Å². The molecule has 0 aromatic rings. The lowest BCUT2D eigenvalue weighted by Gasteiger charge is -2.31. The van der Waals surface area contributed by atoms with E-state index in [1.807, 2.05) is 0 Å². The number of nitrogens with zero attached hydrogens (tertiary/aromatic N) is 3. The maximum Gasteiger partial charge on any atom is 0.243 e. The first-order valence-corrected chi connectivity index (χ1v) is 10.1. The number of carbonyl (C=O) groups is 1. The van der Waals surface area contributed by atoms with Crippen LogP contribution in [0.3, 0.4) is 0 Å². The average Bonchev–Trinajstić information content (AvgIpc) is 3.05. The molecule has 2 N–H and O–H groups in total. The first kappa shape index (κ1) is 23.5. The second-order valence-corrected chi connectivity index (χ2v) is 7.66. The van der Waals surface area contributed by atoms with Crippen LogP contribution in [0, 0.1) is 5.92 Å². The van der Waals surface area contributed by atoms with Gasteiger partial charge in [-0.2, -0.15) is 0 Å². The number of aliphatic imine (C=N–C) groups is 1. The molecule has 0 aromatic carbocycles. The predicted molar refractivity (Wildman–Crippen MR) is 119 cm³/mol. The molecule has 26 heavy (non-hydrogen) atoms. The zero-order valence-corrected chi connectivity index (χ0v) is 19.1. The van der Waals surface area contributed by atoms with Crippen molar-refractivity contribution < 1.29 is 4.79 Å². The Morgan fingerprint density at radius 2 is 1.85 bits per heavy atom. The number of rotatable bonds is 7. The summed E-state index contributed by atoms with van der Waals surface area (Å²) >= 11 is 0. The Morgan fingerprint density at radius 3 is 2.50 bits per heavy atom. The molecule has 1 saturated heterocycles. The first-order chi connectivity index (χ1) is 12.1. The molecule has 6 nitrogen and oxygen atoms in total. The monoisotopic (exact) mass is 479 g/mol. The van der Waals surface area contributed by atoms with Gasteiger partial charge >= 0.3 is 0 Å². The molecule has 1 aliphatic heterocycles. The normalized spacial score (nSPS) is 22.0. The Labute approximate surface area is 176 Å². The van der Waals surface area contributed by atoms with Gasteiger partial charge in [-0.3, -0.25) is 9.69 Å². The number of carbonyl (C=O) groups excluding carboxylic acids is 1. The third kappa shape index (κ3) is 7.98.